The third-order valence-corrected chi connectivity index (χ3v) is 3.26. The molecule has 2 heterocycles. The van der Waals surface area contributed by atoms with Crippen molar-refractivity contribution in [1.29, 1.82) is 0 Å². The molecule has 0 aliphatic rings. The molecule has 5 heteroatoms. The molecule has 0 aliphatic heterocycles. The Balaban J connectivity index is 2.19. The number of pyridine rings is 1. The van der Waals surface area contributed by atoms with E-state index in [2.05, 4.69) is 39.4 Å². The molecule has 2 N–H and O–H groups in total. The van der Waals surface area contributed by atoms with Crippen LogP contribution in [0.4, 0.5) is 11.6 Å². The third kappa shape index (κ3) is 3.23. The maximum absolute atomic E-state index is 4.37. The van der Waals surface area contributed by atoms with Crippen LogP contribution < -0.4 is 10.6 Å². The second kappa shape index (κ2) is 6.84. The van der Waals surface area contributed by atoms with Crippen molar-refractivity contribution in [3.63, 3.8) is 0 Å². The molecular weight excluding hydrogens is 250 g/mol. The lowest BCUT2D eigenvalue weighted by Crippen LogP contribution is -2.09. The summed E-state index contributed by atoms with van der Waals surface area (Å²) >= 11 is 0. The summed E-state index contributed by atoms with van der Waals surface area (Å²) < 4.78 is 0. The van der Waals surface area contributed by atoms with Crippen LogP contribution in [0.2, 0.25) is 0 Å². The fraction of sp³-hybridized carbons (Fsp3) is 0.400. The summed E-state index contributed by atoms with van der Waals surface area (Å²) in [6.45, 7) is 4.96. The Morgan fingerprint density at radius 3 is 2.70 bits per heavy atom. The first-order valence-corrected chi connectivity index (χ1v) is 6.91. The highest BCUT2D eigenvalue weighted by molar-refractivity contribution is 5.57. The predicted molar refractivity (Wildman–Crippen MR) is 81.9 cm³/mol. The number of nitrogens with zero attached hydrogens (tertiary/aromatic N) is 3. The molecule has 0 atom stereocenters. The number of anilines is 2. The molecule has 0 fully saturated rings. The Morgan fingerprint density at radius 1 is 1.20 bits per heavy atom. The van der Waals surface area contributed by atoms with E-state index in [1.165, 1.54) is 11.1 Å². The van der Waals surface area contributed by atoms with Gasteiger partial charge < -0.3 is 10.6 Å². The standard InChI is InChI=1S/C15H21N5/c1-4-5-13-14(16-3)19-10-20-15(13)18-9-12-6-7-17-8-11(12)2/h6-8,10H,4-5,9H2,1-3H3,(H2,16,18,19,20). The zero-order valence-electron chi connectivity index (χ0n) is 12.3. The Labute approximate surface area is 119 Å². The maximum Gasteiger partial charge on any atom is 0.134 e. The zero-order chi connectivity index (χ0) is 14.4. The number of aryl methyl sites for hydroxylation is 1. The average molecular weight is 271 g/mol. The van der Waals surface area contributed by atoms with Crippen LogP contribution in [0.3, 0.4) is 0 Å². The quantitative estimate of drug-likeness (QED) is 0.846. The zero-order valence-corrected chi connectivity index (χ0v) is 12.3. The molecule has 2 aromatic heterocycles. The molecule has 0 saturated heterocycles. The molecule has 0 radical (unpaired) electrons. The molecule has 106 valence electrons. The highest BCUT2D eigenvalue weighted by atomic mass is 15.1. The minimum atomic E-state index is 0.741. The lowest BCUT2D eigenvalue weighted by molar-refractivity contribution is 0.898. The molecule has 0 aromatic carbocycles. The van der Waals surface area contributed by atoms with Crippen LogP contribution in [0.1, 0.15) is 30.0 Å². The van der Waals surface area contributed by atoms with Gasteiger partial charge in [0.15, 0.2) is 0 Å². The van der Waals surface area contributed by atoms with Gasteiger partial charge in [0.2, 0.25) is 0 Å². The summed E-state index contributed by atoms with van der Waals surface area (Å²) in [7, 11) is 1.89. The van der Waals surface area contributed by atoms with Gasteiger partial charge in [-0.3, -0.25) is 4.98 Å². The van der Waals surface area contributed by atoms with Gasteiger partial charge in [-0.15, -0.1) is 0 Å². The van der Waals surface area contributed by atoms with E-state index in [0.717, 1.165) is 36.6 Å². The summed E-state index contributed by atoms with van der Waals surface area (Å²) in [6.07, 6.45) is 7.30. The summed E-state index contributed by atoms with van der Waals surface area (Å²) in [5.74, 6) is 1.80. The minimum Gasteiger partial charge on any atom is -0.373 e. The van der Waals surface area contributed by atoms with Crippen molar-refractivity contribution in [2.45, 2.75) is 33.2 Å². The van der Waals surface area contributed by atoms with E-state index in [4.69, 9.17) is 0 Å². The summed E-state index contributed by atoms with van der Waals surface area (Å²) in [4.78, 5) is 12.8. The first-order valence-electron chi connectivity index (χ1n) is 6.91. The Morgan fingerprint density at radius 2 is 2.00 bits per heavy atom. The van der Waals surface area contributed by atoms with E-state index in [1.54, 1.807) is 6.33 Å². The topological polar surface area (TPSA) is 62.7 Å². The van der Waals surface area contributed by atoms with E-state index >= 15 is 0 Å². The number of hydrogen-bond acceptors (Lipinski definition) is 5. The van der Waals surface area contributed by atoms with Crippen molar-refractivity contribution in [2.24, 2.45) is 0 Å². The fourth-order valence-electron chi connectivity index (χ4n) is 2.15. The van der Waals surface area contributed by atoms with Crippen molar-refractivity contribution in [1.82, 2.24) is 15.0 Å². The van der Waals surface area contributed by atoms with Crippen LogP contribution in [0, 0.1) is 6.92 Å². The van der Waals surface area contributed by atoms with Crippen LogP contribution in [-0.2, 0) is 13.0 Å². The van der Waals surface area contributed by atoms with Gasteiger partial charge in [-0.2, -0.15) is 0 Å². The SMILES string of the molecule is CCCc1c(NC)ncnc1NCc1ccncc1C. The van der Waals surface area contributed by atoms with E-state index in [-0.39, 0.29) is 0 Å². The fourth-order valence-corrected chi connectivity index (χ4v) is 2.15. The highest BCUT2D eigenvalue weighted by Gasteiger charge is 2.09. The number of aromatic nitrogens is 3. The number of hydrogen-bond donors (Lipinski definition) is 2. The van der Waals surface area contributed by atoms with Gasteiger partial charge in [-0.1, -0.05) is 13.3 Å². The van der Waals surface area contributed by atoms with Crippen LogP contribution in [0.15, 0.2) is 24.8 Å². The summed E-state index contributed by atoms with van der Waals surface area (Å²) in [6, 6.07) is 2.03. The monoisotopic (exact) mass is 271 g/mol. The van der Waals surface area contributed by atoms with Gasteiger partial charge in [0.05, 0.1) is 0 Å². The molecule has 5 nitrogen and oxygen atoms in total. The average Bonchev–Trinajstić information content (AvgIpc) is 2.47. The molecule has 2 rings (SSSR count). The molecule has 0 bridgehead atoms. The lowest BCUT2D eigenvalue weighted by Gasteiger charge is -2.14. The van der Waals surface area contributed by atoms with Crippen molar-refractivity contribution in [2.75, 3.05) is 17.7 Å². The second-order valence-corrected chi connectivity index (χ2v) is 4.71. The lowest BCUT2D eigenvalue weighted by atomic mass is 10.1. The first kappa shape index (κ1) is 14.2. The van der Waals surface area contributed by atoms with E-state index in [9.17, 15) is 0 Å². The summed E-state index contributed by atoms with van der Waals surface area (Å²) in [5.41, 5.74) is 3.55. The highest BCUT2D eigenvalue weighted by Crippen LogP contribution is 2.22. The second-order valence-electron chi connectivity index (χ2n) is 4.71. The first-order chi connectivity index (χ1) is 9.76. The van der Waals surface area contributed by atoms with E-state index < -0.39 is 0 Å². The third-order valence-electron chi connectivity index (χ3n) is 3.26. The van der Waals surface area contributed by atoms with Gasteiger partial charge in [-0.05, 0) is 30.5 Å². The Bertz CT molecular complexity index is 568. The van der Waals surface area contributed by atoms with Crippen molar-refractivity contribution >= 4 is 11.6 Å². The van der Waals surface area contributed by atoms with Crippen LogP contribution in [0.5, 0.6) is 0 Å². The molecule has 0 unspecified atom stereocenters. The molecule has 0 spiro atoms. The van der Waals surface area contributed by atoms with Gasteiger partial charge in [0, 0.05) is 31.5 Å². The molecule has 20 heavy (non-hydrogen) atoms. The van der Waals surface area contributed by atoms with Crippen molar-refractivity contribution < 1.29 is 0 Å². The molecule has 2 aromatic rings. The largest absolute Gasteiger partial charge is 0.373 e. The summed E-state index contributed by atoms with van der Waals surface area (Å²) in [5, 5.41) is 6.54. The minimum absolute atomic E-state index is 0.741. The van der Waals surface area contributed by atoms with Gasteiger partial charge >= 0.3 is 0 Å². The molecule has 0 aliphatic carbocycles. The van der Waals surface area contributed by atoms with Gasteiger partial charge in [0.25, 0.3) is 0 Å². The molecule has 0 saturated carbocycles. The normalized spacial score (nSPS) is 10.3. The van der Waals surface area contributed by atoms with Crippen LogP contribution in [0.25, 0.3) is 0 Å². The Hall–Kier alpha value is -2.17. The molecular formula is C15H21N5. The number of rotatable bonds is 6. The van der Waals surface area contributed by atoms with E-state index in [0.29, 0.717) is 0 Å². The van der Waals surface area contributed by atoms with Crippen LogP contribution in [-0.4, -0.2) is 22.0 Å². The van der Waals surface area contributed by atoms with Crippen molar-refractivity contribution in [3.05, 3.63) is 41.5 Å². The maximum atomic E-state index is 4.37. The predicted octanol–water partition coefficient (Wildman–Crippen LogP) is 2.79. The van der Waals surface area contributed by atoms with Gasteiger partial charge in [0.1, 0.15) is 18.0 Å². The Kier molecular flexibility index (Phi) is 4.87. The van der Waals surface area contributed by atoms with Crippen molar-refractivity contribution in [3.8, 4) is 0 Å². The number of nitrogens with one attached hydrogen (secondary N) is 2. The molecule has 0 amide bonds. The van der Waals surface area contributed by atoms with Gasteiger partial charge in [-0.25, -0.2) is 9.97 Å². The smallest absolute Gasteiger partial charge is 0.134 e. The van der Waals surface area contributed by atoms with E-state index in [1.807, 2.05) is 25.5 Å². The van der Waals surface area contributed by atoms with Crippen LogP contribution >= 0.6 is 0 Å².